The van der Waals surface area contributed by atoms with Crippen LogP contribution in [0.5, 0.6) is 0 Å². The van der Waals surface area contributed by atoms with Gasteiger partial charge in [0.2, 0.25) is 0 Å². The number of benzene rings is 2. The first-order chi connectivity index (χ1) is 13.6. The zero-order valence-corrected chi connectivity index (χ0v) is 16.8. The molecule has 0 radical (unpaired) electrons. The van der Waals surface area contributed by atoms with Crippen molar-refractivity contribution in [1.29, 1.82) is 0 Å². The lowest BCUT2D eigenvalue weighted by atomic mass is 10.0. The quantitative estimate of drug-likeness (QED) is 0.592. The predicted octanol–water partition coefficient (Wildman–Crippen LogP) is 4.81. The third-order valence-electron chi connectivity index (χ3n) is 4.77. The van der Waals surface area contributed by atoms with Crippen molar-refractivity contribution in [3.05, 3.63) is 76.9 Å². The molecule has 3 rings (SSSR count). The Morgan fingerprint density at radius 2 is 1.79 bits per heavy atom. The van der Waals surface area contributed by atoms with Crippen LogP contribution in [0.25, 0.3) is 11.3 Å². The Bertz CT molecular complexity index is 907. The van der Waals surface area contributed by atoms with Gasteiger partial charge in [-0.1, -0.05) is 79.1 Å². The lowest BCUT2D eigenvalue weighted by Gasteiger charge is -2.30. The molecule has 1 aromatic heterocycles. The Labute approximate surface area is 170 Å². The molecule has 0 bridgehead atoms. The molecule has 0 saturated heterocycles. The second kappa shape index (κ2) is 9.53. The molecule has 28 heavy (non-hydrogen) atoms. The fourth-order valence-corrected chi connectivity index (χ4v) is 3.51. The van der Waals surface area contributed by atoms with Crippen molar-refractivity contribution in [2.75, 3.05) is 19.6 Å². The molecule has 0 unspecified atom stereocenters. The molecule has 6 heteroatoms. The van der Waals surface area contributed by atoms with Crippen LogP contribution >= 0.6 is 11.6 Å². The van der Waals surface area contributed by atoms with Crippen molar-refractivity contribution in [2.45, 2.75) is 19.9 Å². The van der Waals surface area contributed by atoms with Crippen molar-refractivity contribution < 1.29 is 9.32 Å². The van der Waals surface area contributed by atoms with Crippen molar-refractivity contribution in [3.63, 3.8) is 0 Å². The van der Waals surface area contributed by atoms with Crippen LogP contribution in [0.4, 0.5) is 0 Å². The second-order valence-corrected chi connectivity index (χ2v) is 6.82. The number of carbonyl (C=O) groups is 1. The van der Waals surface area contributed by atoms with Gasteiger partial charge in [0, 0.05) is 23.2 Å². The molecule has 1 amide bonds. The molecule has 1 heterocycles. The number of nitrogens with zero attached hydrogens (tertiary/aromatic N) is 2. The topological polar surface area (TPSA) is 58.4 Å². The SMILES string of the molecule is CCN(CC)[C@@H](CNC(=O)c1cc(-c2ccccc2)on1)c1ccccc1Cl. The Balaban J connectivity index is 1.74. The highest BCUT2D eigenvalue weighted by Crippen LogP contribution is 2.27. The number of nitrogens with one attached hydrogen (secondary N) is 1. The number of amides is 1. The summed E-state index contributed by atoms with van der Waals surface area (Å²) in [7, 11) is 0. The monoisotopic (exact) mass is 397 g/mol. The molecule has 1 atom stereocenters. The van der Waals surface area contributed by atoms with Gasteiger partial charge >= 0.3 is 0 Å². The average Bonchev–Trinajstić information content (AvgIpc) is 3.23. The Kier molecular flexibility index (Phi) is 6.85. The summed E-state index contributed by atoms with van der Waals surface area (Å²) in [4.78, 5) is 14.9. The van der Waals surface area contributed by atoms with E-state index >= 15 is 0 Å². The molecule has 0 aliphatic rings. The summed E-state index contributed by atoms with van der Waals surface area (Å²) in [6, 6.07) is 19.0. The minimum absolute atomic E-state index is 0.0202. The van der Waals surface area contributed by atoms with E-state index in [1.807, 2.05) is 54.6 Å². The van der Waals surface area contributed by atoms with Crippen LogP contribution in [0.2, 0.25) is 5.02 Å². The van der Waals surface area contributed by atoms with Gasteiger partial charge in [0.25, 0.3) is 5.91 Å². The van der Waals surface area contributed by atoms with Crippen molar-refractivity contribution in [3.8, 4) is 11.3 Å². The molecular formula is C22H24ClN3O2. The number of likely N-dealkylation sites (N-methyl/N-ethyl adjacent to an activating group) is 1. The van der Waals surface area contributed by atoms with Crippen LogP contribution < -0.4 is 5.32 Å². The van der Waals surface area contributed by atoms with Crippen LogP contribution in [0.1, 0.15) is 35.9 Å². The van der Waals surface area contributed by atoms with Gasteiger partial charge in [-0.15, -0.1) is 0 Å². The lowest BCUT2D eigenvalue weighted by Crippen LogP contribution is -2.38. The number of hydrogen-bond acceptors (Lipinski definition) is 4. The van der Waals surface area contributed by atoms with E-state index in [0.717, 1.165) is 24.2 Å². The van der Waals surface area contributed by atoms with E-state index in [2.05, 4.69) is 29.2 Å². The summed E-state index contributed by atoms with van der Waals surface area (Å²) in [5.74, 6) is 0.298. The van der Waals surface area contributed by atoms with E-state index < -0.39 is 0 Å². The summed E-state index contributed by atoms with van der Waals surface area (Å²) in [6.07, 6.45) is 0. The molecule has 0 aliphatic heterocycles. The van der Waals surface area contributed by atoms with Crippen LogP contribution in [-0.4, -0.2) is 35.6 Å². The van der Waals surface area contributed by atoms with Crippen molar-refractivity contribution >= 4 is 17.5 Å². The first-order valence-electron chi connectivity index (χ1n) is 9.42. The largest absolute Gasteiger partial charge is 0.355 e. The lowest BCUT2D eigenvalue weighted by molar-refractivity contribution is 0.0926. The molecule has 0 aliphatic carbocycles. The fraction of sp³-hybridized carbons (Fsp3) is 0.273. The summed E-state index contributed by atoms with van der Waals surface area (Å²) in [6.45, 7) is 6.32. The van der Waals surface area contributed by atoms with Crippen LogP contribution in [-0.2, 0) is 0 Å². The van der Waals surface area contributed by atoms with Gasteiger partial charge in [0.15, 0.2) is 11.5 Å². The van der Waals surface area contributed by atoms with Crippen molar-refractivity contribution in [2.24, 2.45) is 0 Å². The molecule has 0 spiro atoms. The van der Waals surface area contributed by atoms with Gasteiger partial charge in [-0.25, -0.2) is 0 Å². The summed E-state index contributed by atoms with van der Waals surface area (Å²) in [5, 5.41) is 7.59. The van der Waals surface area contributed by atoms with Gasteiger partial charge in [-0.05, 0) is 24.7 Å². The van der Waals surface area contributed by atoms with Gasteiger partial charge < -0.3 is 9.84 Å². The maximum absolute atomic E-state index is 12.6. The first kappa shape index (κ1) is 20.1. The van der Waals surface area contributed by atoms with Crippen LogP contribution in [0.15, 0.2) is 65.2 Å². The third-order valence-corrected chi connectivity index (χ3v) is 5.12. The average molecular weight is 398 g/mol. The van der Waals surface area contributed by atoms with Crippen molar-refractivity contribution in [1.82, 2.24) is 15.4 Å². The second-order valence-electron chi connectivity index (χ2n) is 6.41. The molecule has 3 aromatic rings. The zero-order valence-electron chi connectivity index (χ0n) is 16.1. The van der Waals surface area contributed by atoms with Gasteiger partial charge in [0.05, 0.1) is 6.04 Å². The number of hydrogen-bond donors (Lipinski definition) is 1. The summed E-state index contributed by atoms with van der Waals surface area (Å²) >= 11 is 6.41. The number of rotatable bonds is 8. The van der Waals surface area contributed by atoms with Crippen LogP contribution in [0, 0.1) is 0 Å². The number of aromatic nitrogens is 1. The van der Waals surface area contributed by atoms with E-state index in [-0.39, 0.29) is 17.6 Å². The number of carbonyl (C=O) groups excluding carboxylic acids is 1. The van der Waals surface area contributed by atoms with E-state index in [1.54, 1.807) is 6.07 Å². The highest BCUT2D eigenvalue weighted by Gasteiger charge is 2.22. The normalized spacial score (nSPS) is 12.1. The third kappa shape index (κ3) is 4.61. The molecular weight excluding hydrogens is 374 g/mol. The Hall–Kier alpha value is -2.63. The zero-order chi connectivity index (χ0) is 19.9. The van der Waals surface area contributed by atoms with Gasteiger partial charge in [-0.3, -0.25) is 9.69 Å². The molecule has 146 valence electrons. The minimum atomic E-state index is -0.268. The molecule has 0 fully saturated rings. The summed E-state index contributed by atoms with van der Waals surface area (Å²) < 4.78 is 5.33. The van der Waals surface area contributed by atoms with E-state index in [1.165, 1.54) is 0 Å². The maximum atomic E-state index is 12.6. The summed E-state index contributed by atoms with van der Waals surface area (Å²) in [5.41, 5.74) is 2.14. The molecule has 2 aromatic carbocycles. The van der Waals surface area contributed by atoms with E-state index in [4.69, 9.17) is 16.1 Å². The van der Waals surface area contributed by atoms with Gasteiger partial charge in [0.1, 0.15) is 0 Å². The minimum Gasteiger partial charge on any atom is -0.355 e. The smallest absolute Gasteiger partial charge is 0.273 e. The standard InChI is InChI=1S/C22H24ClN3O2/c1-3-26(4-2)20(17-12-8-9-13-18(17)23)15-24-22(27)19-14-21(28-25-19)16-10-6-5-7-11-16/h5-14,20H,3-4,15H2,1-2H3,(H,24,27)/t20-/m0/s1. The first-order valence-corrected chi connectivity index (χ1v) is 9.80. The fourth-order valence-electron chi connectivity index (χ4n) is 3.25. The van der Waals surface area contributed by atoms with E-state index in [9.17, 15) is 4.79 Å². The van der Waals surface area contributed by atoms with E-state index in [0.29, 0.717) is 17.3 Å². The maximum Gasteiger partial charge on any atom is 0.273 e. The molecule has 1 N–H and O–H groups in total. The number of halogens is 1. The Morgan fingerprint density at radius 3 is 2.46 bits per heavy atom. The molecule has 0 saturated carbocycles. The van der Waals surface area contributed by atoms with Crippen LogP contribution in [0.3, 0.4) is 0 Å². The highest BCUT2D eigenvalue weighted by atomic mass is 35.5. The Morgan fingerprint density at radius 1 is 1.11 bits per heavy atom. The highest BCUT2D eigenvalue weighted by molar-refractivity contribution is 6.31. The predicted molar refractivity (Wildman–Crippen MR) is 111 cm³/mol. The molecule has 5 nitrogen and oxygen atoms in total. The van der Waals surface area contributed by atoms with Gasteiger partial charge in [-0.2, -0.15) is 0 Å².